The maximum Gasteiger partial charge on any atom is 0.269 e. The molecule has 0 fully saturated rings. The number of dihydropyridines is 1. The third kappa shape index (κ3) is 4.53. The van der Waals surface area contributed by atoms with Crippen molar-refractivity contribution in [3.05, 3.63) is 125 Å². The molecule has 9 heteroatoms. The Morgan fingerprint density at radius 3 is 2.06 bits per heavy atom. The molecule has 0 spiro atoms. The molecular formula is C27H19N6O3-. The van der Waals surface area contributed by atoms with Crippen molar-refractivity contribution in [3.8, 4) is 22.5 Å². The van der Waals surface area contributed by atoms with E-state index >= 15 is 0 Å². The molecule has 0 amide bonds. The van der Waals surface area contributed by atoms with Crippen molar-refractivity contribution in [2.45, 2.75) is 0 Å². The molecule has 0 atom stereocenters. The Balaban J connectivity index is 1.73. The molecular weight excluding hydrogens is 456 g/mol. The molecule has 5 rings (SSSR count). The lowest BCUT2D eigenvalue weighted by Crippen LogP contribution is -2.16. The van der Waals surface area contributed by atoms with Gasteiger partial charge in [-0.15, -0.1) is 5.11 Å². The predicted molar refractivity (Wildman–Crippen MR) is 135 cm³/mol. The van der Waals surface area contributed by atoms with Gasteiger partial charge < -0.3 is 10.4 Å². The van der Waals surface area contributed by atoms with Crippen molar-refractivity contribution in [2.24, 2.45) is 10.2 Å². The molecule has 3 aromatic carbocycles. The zero-order valence-corrected chi connectivity index (χ0v) is 18.9. The minimum atomic E-state index is -0.473. The van der Waals surface area contributed by atoms with Crippen LogP contribution in [0.3, 0.4) is 0 Å². The molecule has 1 N–H and O–H groups in total. The predicted octanol–water partition coefficient (Wildman–Crippen LogP) is 5.70. The van der Waals surface area contributed by atoms with Crippen LogP contribution in [0.1, 0.15) is 0 Å². The highest BCUT2D eigenvalue weighted by Gasteiger charge is 2.21. The Morgan fingerprint density at radius 1 is 0.833 bits per heavy atom. The molecule has 2 heterocycles. The summed E-state index contributed by atoms with van der Waals surface area (Å²) in [6, 6.07) is 24.5. The summed E-state index contributed by atoms with van der Waals surface area (Å²) in [6.45, 7) is 0. The lowest BCUT2D eigenvalue weighted by Gasteiger charge is -2.19. The Morgan fingerprint density at radius 2 is 1.44 bits per heavy atom. The van der Waals surface area contributed by atoms with Crippen molar-refractivity contribution < 1.29 is 10.0 Å². The molecule has 0 saturated carbocycles. The van der Waals surface area contributed by atoms with Crippen LogP contribution in [0, 0.1) is 10.1 Å². The first-order chi connectivity index (χ1) is 17.6. The van der Waals surface area contributed by atoms with Crippen LogP contribution in [0.5, 0.6) is 0 Å². The van der Waals surface area contributed by atoms with Gasteiger partial charge in [-0.2, -0.15) is 10.2 Å². The van der Waals surface area contributed by atoms with Gasteiger partial charge in [0.15, 0.2) is 0 Å². The van der Waals surface area contributed by atoms with Crippen molar-refractivity contribution in [2.75, 3.05) is 0 Å². The summed E-state index contributed by atoms with van der Waals surface area (Å²) in [4.78, 5) is 10.5. The standard InChI is InChI=1S/C27H20N6O3/c34-27(21-15-17-28-18-16-21)32-26(20-9-5-2-6-10-20)25(24(31-32)19-7-3-1-4-8-19)30-29-22-11-13-23(14-12-22)33(35)36/h1-18,28,34H/p-1. The van der Waals surface area contributed by atoms with E-state index in [9.17, 15) is 15.2 Å². The van der Waals surface area contributed by atoms with Gasteiger partial charge in [-0.25, -0.2) is 4.68 Å². The highest BCUT2D eigenvalue weighted by atomic mass is 16.6. The van der Waals surface area contributed by atoms with Gasteiger partial charge in [0.1, 0.15) is 17.1 Å². The number of azo groups is 1. The molecule has 36 heavy (non-hydrogen) atoms. The molecule has 9 nitrogen and oxygen atoms in total. The van der Waals surface area contributed by atoms with E-state index in [1.165, 1.54) is 28.9 Å². The number of benzene rings is 3. The summed E-state index contributed by atoms with van der Waals surface area (Å²) < 4.78 is 1.34. The molecule has 0 bridgehead atoms. The summed E-state index contributed by atoms with van der Waals surface area (Å²) in [6.07, 6.45) is 6.70. The summed E-state index contributed by atoms with van der Waals surface area (Å²) >= 11 is 0. The van der Waals surface area contributed by atoms with Gasteiger partial charge in [-0.1, -0.05) is 60.7 Å². The molecule has 4 aromatic rings. The Kier molecular flexibility index (Phi) is 6.18. The fourth-order valence-electron chi connectivity index (χ4n) is 3.70. The minimum absolute atomic E-state index is 0.0394. The second kappa shape index (κ2) is 9.90. The average molecular weight is 475 g/mol. The van der Waals surface area contributed by atoms with Gasteiger partial charge in [0.05, 0.1) is 10.6 Å². The average Bonchev–Trinajstić information content (AvgIpc) is 3.32. The smallest absolute Gasteiger partial charge is 0.269 e. The number of allylic oxidation sites excluding steroid dienone is 3. The first-order valence-electron chi connectivity index (χ1n) is 11.0. The number of hydrogen-bond acceptors (Lipinski definition) is 7. The lowest BCUT2D eigenvalue weighted by molar-refractivity contribution is -0.384. The first kappa shape index (κ1) is 22.5. The van der Waals surface area contributed by atoms with E-state index < -0.39 is 4.92 Å². The van der Waals surface area contributed by atoms with E-state index in [1.54, 1.807) is 24.6 Å². The number of non-ortho nitro benzene ring substituents is 1. The molecule has 1 aliphatic heterocycles. The van der Waals surface area contributed by atoms with Crippen LogP contribution >= 0.6 is 0 Å². The largest absolute Gasteiger partial charge is 0.858 e. The number of hydrogen-bond donors (Lipinski definition) is 1. The Labute approximate surface area is 206 Å². The zero-order valence-electron chi connectivity index (χ0n) is 18.9. The quantitative estimate of drug-likeness (QED) is 0.166. The summed E-state index contributed by atoms with van der Waals surface area (Å²) in [5.74, 6) is -0.322. The van der Waals surface area contributed by atoms with E-state index in [0.717, 1.165) is 11.1 Å². The first-order valence-corrected chi connectivity index (χ1v) is 11.0. The van der Waals surface area contributed by atoms with Crippen molar-refractivity contribution in [3.63, 3.8) is 0 Å². The summed E-state index contributed by atoms with van der Waals surface area (Å²) in [5.41, 5.74) is 3.71. The van der Waals surface area contributed by atoms with Crippen molar-refractivity contribution in [1.29, 1.82) is 0 Å². The van der Waals surface area contributed by atoms with E-state index in [1.807, 2.05) is 60.7 Å². The maximum absolute atomic E-state index is 13.6. The number of nitrogens with zero attached hydrogens (tertiary/aromatic N) is 5. The second-order valence-corrected chi connectivity index (χ2v) is 7.76. The van der Waals surface area contributed by atoms with Crippen LogP contribution in [-0.2, 0) is 0 Å². The van der Waals surface area contributed by atoms with Gasteiger partial charge in [0, 0.05) is 35.7 Å². The van der Waals surface area contributed by atoms with Crippen LogP contribution < -0.4 is 10.4 Å². The number of nitro groups is 1. The number of nitrogens with one attached hydrogen (secondary N) is 1. The molecule has 1 aliphatic rings. The lowest BCUT2D eigenvalue weighted by atomic mass is 10.1. The van der Waals surface area contributed by atoms with Gasteiger partial charge in [0.25, 0.3) is 5.69 Å². The number of rotatable bonds is 6. The van der Waals surface area contributed by atoms with Gasteiger partial charge in [0.2, 0.25) is 0 Å². The highest BCUT2D eigenvalue weighted by molar-refractivity contribution is 5.86. The third-order valence-electron chi connectivity index (χ3n) is 5.44. The molecule has 1 aromatic heterocycles. The van der Waals surface area contributed by atoms with Crippen LogP contribution in [0.15, 0.2) is 125 Å². The van der Waals surface area contributed by atoms with Crippen molar-refractivity contribution >= 4 is 22.9 Å². The van der Waals surface area contributed by atoms with E-state index in [4.69, 9.17) is 5.10 Å². The number of aromatic nitrogens is 2. The van der Waals surface area contributed by atoms with Gasteiger partial charge in [-0.05, 0) is 35.7 Å². The zero-order chi connectivity index (χ0) is 24.9. The van der Waals surface area contributed by atoms with Crippen LogP contribution in [0.2, 0.25) is 0 Å². The van der Waals surface area contributed by atoms with Crippen LogP contribution in [0.4, 0.5) is 17.1 Å². The third-order valence-corrected chi connectivity index (χ3v) is 5.44. The van der Waals surface area contributed by atoms with E-state index in [-0.39, 0.29) is 11.6 Å². The molecule has 0 saturated heterocycles. The summed E-state index contributed by atoms with van der Waals surface area (Å²) in [7, 11) is 0. The normalized spacial score (nSPS) is 12.6. The molecule has 176 valence electrons. The van der Waals surface area contributed by atoms with E-state index in [0.29, 0.717) is 28.3 Å². The molecule has 0 unspecified atom stereocenters. The Hall–Kier alpha value is -5.31. The second-order valence-electron chi connectivity index (χ2n) is 7.76. The highest BCUT2D eigenvalue weighted by Crippen LogP contribution is 2.41. The topological polar surface area (TPSA) is 121 Å². The monoisotopic (exact) mass is 475 g/mol. The molecule has 0 radical (unpaired) electrons. The number of nitro benzene ring substituents is 1. The fourth-order valence-corrected chi connectivity index (χ4v) is 3.70. The Bertz CT molecular complexity index is 1510. The van der Waals surface area contributed by atoms with Crippen LogP contribution in [-0.4, -0.2) is 14.7 Å². The summed E-state index contributed by atoms with van der Waals surface area (Å²) in [5, 5.41) is 41.0. The van der Waals surface area contributed by atoms with Crippen molar-refractivity contribution in [1.82, 2.24) is 15.1 Å². The maximum atomic E-state index is 13.6. The van der Waals surface area contributed by atoms with E-state index in [2.05, 4.69) is 15.5 Å². The minimum Gasteiger partial charge on any atom is -0.858 e. The van der Waals surface area contributed by atoms with Crippen LogP contribution in [0.25, 0.3) is 28.4 Å². The van der Waals surface area contributed by atoms with Gasteiger partial charge in [-0.3, -0.25) is 10.1 Å². The SMILES string of the molecule is O=[N+]([O-])c1ccc(N=Nc2c(-c3ccccc3)nn(C([O-])=C3C=CNC=C3)c2-c2ccccc2)cc1. The fraction of sp³-hybridized carbons (Fsp3) is 0. The molecule has 0 aliphatic carbocycles. The van der Waals surface area contributed by atoms with Gasteiger partial charge >= 0.3 is 0 Å².